The third kappa shape index (κ3) is 2.43. The van der Waals surface area contributed by atoms with Gasteiger partial charge in [0.15, 0.2) is 0 Å². The Morgan fingerprint density at radius 1 is 1.12 bits per heavy atom. The van der Waals surface area contributed by atoms with Crippen molar-refractivity contribution in [3.8, 4) is 6.07 Å². The van der Waals surface area contributed by atoms with E-state index in [0.29, 0.717) is 5.56 Å². The molecule has 17 heavy (non-hydrogen) atoms. The molecule has 0 aliphatic heterocycles. The van der Waals surface area contributed by atoms with Crippen LogP contribution in [0.5, 0.6) is 0 Å². The van der Waals surface area contributed by atoms with Crippen molar-refractivity contribution in [2.75, 3.05) is 11.9 Å². The van der Waals surface area contributed by atoms with Gasteiger partial charge < -0.3 is 4.90 Å². The van der Waals surface area contributed by atoms with Crippen molar-refractivity contribution < 1.29 is 0 Å². The van der Waals surface area contributed by atoms with E-state index in [2.05, 4.69) is 30.1 Å². The molecule has 3 nitrogen and oxygen atoms in total. The summed E-state index contributed by atoms with van der Waals surface area (Å²) >= 11 is 0. The SMILES string of the molecule is Cc1ccc(N(C)c2cncc(C#N)c2)cc1. The summed E-state index contributed by atoms with van der Waals surface area (Å²) in [6.07, 6.45) is 3.31. The Bertz CT molecular complexity index is 552. The maximum atomic E-state index is 8.84. The normalized spacial score (nSPS) is 9.71. The molecule has 0 aliphatic rings. The smallest absolute Gasteiger partial charge is 0.101 e. The number of benzene rings is 1. The van der Waals surface area contributed by atoms with Gasteiger partial charge >= 0.3 is 0 Å². The van der Waals surface area contributed by atoms with Crippen LogP contribution in [0, 0.1) is 18.3 Å². The first kappa shape index (κ1) is 11.2. The molecule has 0 fully saturated rings. The van der Waals surface area contributed by atoms with Gasteiger partial charge in [-0.15, -0.1) is 0 Å². The molecule has 1 aromatic carbocycles. The molecular formula is C14H13N3. The van der Waals surface area contributed by atoms with Gasteiger partial charge in [-0.1, -0.05) is 17.7 Å². The second-order valence-electron chi connectivity index (χ2n) is 3.94. The largest absolute Gasteiger partial charge is 0.343 e. The molecule has 0 unspecified atom stereocenters. The van der Waals surface area contributed by atoms with E-state index >= 15 is 0 Å². The van der Waals surface area contributed by atoms with Crippen LogP contribution in [-0.4, -0.2) is 12.0 Å². The van der Waals surface area contributed by atoms with Crippen LogP contribution in [0.3, 0.4) is 0 Å². The fourth-order valence-electron chi connectivity index (χ4n) is 1.59. The van der Waals surface area contributed by atoms with Crippen LogP contribution in [0.15, 0.2) is 42.7 Å². The molecule has 0 saturated carbocycles. The molecule has 0 N–H and O–H groups in total. The highest BCUT2D eigenvalue weighted by atomic mass is 15.1. The summed E-state index contributed by atoms with van der Waals surface area (Å²) in [5.74, 6) is 0. The number of nitrogens with zero attached hydrogens (tertiary/aromatic N) is 3. The Balaban J connectivity index is 2.33. The number of rotatable bonds is 2. The fourth-order valence-corrected chi connectivity index (χ4v) is 1.59. The zero-order valence-electron chi connectivity index (χ0n) is 9.88. The van der Waals surface area contributed by atoms with Crippen LogP contribution >= 0.6 is 0 Å². The molecule has 0 spiro atoms. The first-order chi connectivity index (χ1) is 8.20. The molecule has 0 saturated heterocycles. The summed E-state index contributed by atoms with van der Waals surface area (Å²) in [5.41, 5.74) is 3.79. The summed E-state index contributed by atoms with van der Waals surface area (Å²) in [5, 5.41) is 8.84. The van der Waals surface area contributed by atoms with E-state index < -0.39 is 0 Å². The average Bonchev–Trinajstić information content (AvgIpc) is 2.39. The van der Waals surface area contributed by atoms with Gasteiger partial charge in [-0.05, 0) is 25.1 Å². The third-order valence-electron chi connectivity index (χ3n) is 2.66. The van der Waals surface area contributed by atoms with Crippen LogP contribution in [0.4, 0.5) is 11.4 Å². The van der Waals surface area contributed by atoms with Crippen LogP contribution in [0.25, 0.3) is 0 Å². The predicted octanol–water partition coefficient (Wildman–Crippen LogP) is 3.03. The molecule has 3 heteroatoms. The Morgan fingerprint density at radius 3 is 2.47 bits per heavy atom. The lowest BCUT2D eigenvalue weighted by molar-refractivity contribution is 1.17. The first-order valence-corrected chi connectivity index (χ1v) is 5.36. The molecule has 0 amide bonds. The zero-order chi connectivity index (χ0) is 12.3. The van der Waals surface area contributed by atoms with Crippen molar-refractivity contribution in [2.45, 2.75) is 6.92 Å². The average molecular weight is 223 g/mol. The Kier molecular flexibility index (Phi) is 3.06. The first-order valence-electron chi connectivity index (χ1n) is 5.36. The van der Waals surface area contributed by atoms with Crippen molar-refractivity contribution in [3.05, 3.63) is 53.9 Å². The van der Waals surface area contributed by atoms with Gasteiger partial charge in [0.25, 0.3) is 0 Å². The van der Waals surface area contributed by atoms with Crippen LogP contribution < -0.4 is 4.90 Å². The van der Waals surface area contributed by atoms with E-state index in [1.54, 1.807) is 12.4 Å². The monoisotopic (exact) mass is 223 g/mol. The van der Waals surface area contributed by atoms with Crippen molar-refractivity contribution >= 4 is 11.4 Å². The Labute approximate surface area is 101 Å². The minimum Gasteiger partial charge on any atom is -0.343 e. The highest BCUT2D eigenvalue weighted by Crippen LogP contribution is 2.23. The van der Waals surface area contributed by atoms with Crippen molar-refractivity contribution in [1.82, 2.24) is 4.98 Å². The number of aryl methyl sites for hydroxylation is 1. The number of aromatic nitrogens is 1. The van der Waals surface area contributed by atoms with E-state index in [-0.39, 0.29) is 0 Å². The summed E-state index contributed by atoms with van der Waals surface area (Å²) in [4.78, 5) is 6.06. The Morgan fingerprint density at radius 2 is 1.82 bits per heavy atom. The number of hydrogen-bond donors (Lipinski definition) is 0. The molecule has 84 valence electrons. The standard InChI is InChI=1S/C14H13N3/c1-11-3-5-13(6-4-11)17(2)14-7-12(8-15)9-16-10-14/h3-7,9-10H,1-2H3. The number of anilines is 2. The fraction of sp³-hybridized carbons (Fsp3) is 0.143. The van der Waals surface area contributed by atoms with E-state index in [9.17, 15) is 0 Å². The maximum Gasteiger partial charge on any atom is 0.101 e. The van der Waals surface area contributed by atoms with Gasteiger partial charge in [0, 0.05) is 18.9 Å². The topological polar surface area (TPSA) is 39.9 Å². The zero-order valence-corrected chi connectivity index (χ0v) is 9.88. The molecule has 0 radical (unpaired) electrons. The van der Waals surface area contributed by atoms with Gasteiger partial charge in [0.1, 0.15) is 6.07 Å². The highest BCUT2D eigenvalue weighted by Gasteiger charge is 2.04. The molecule has 0 bridgehead atoms. The van der Waals surface area contributed by atoms with Crippen LogP contribution in [-0.2, 0) is 0 Å². The van der Waals surface area contributed by atoms with Gasteiger partial charge in [-0.2, -0.15) is 5.26 Å². The number of nitriles is 1. The maximum absolute atomic E-state index is 8.84. The summed E-state index contributed by atoms with van der Waals surface area (Å²) in [6.45, 7) is 2.06. The highest BCUT2D eigenvalue weighted by molar-refractivity contribution is 5.63. The molecule has 2 aromatic rings. The second-order valence-corrected chi connectivity index (χ2v) is 3.94. The van der Waals surface area contributed by atoms with Gasteiger partial charge in [0.2, 0.25) is 0 Å². The van der Waals surface area contributed by atoms with Crippen LogP contribution in [0.1, 0.15) is 11.1 Å². The predicted molar refractivity (Wildman–Crippen MR) is 68.2 cm³/mol. The lowest BCUT2D eigenvalue weighted by Gasteiger charge is -2.19. The minimum absolute atomic E-state index is 0.571. The van der Waals surface area contributed by atoms with Gasteiger partial charge in [-0.25, -0.2) is 0 Å². The lowest BCUT2D eigenvalue weighted by Crippen LogP contribution is -2.09. The summed E-state index contributed by atoms with van der Waals surface area (Å²) in [6, 6.07) is 12.1. The molecule has 0 aliphatic carbocycles. The van der Waals surface area contributed by atoms with Crippen molar-refractivity contribution in [3.63, 3.8) is 0 Å². The number of hydrogen-bond acceptors (Lipinski definition) is 3. The molecule has 1 aromatic heterocycles. The molecular weight excluding hydrogens is 210 g/mol. The van der Waals surface area contributed by atoms with Crippen LogP contribution in [0.2, 0.25) is 0 Å². The second kappa shape index (κ2) is 4.67. The third-order valence-corrected chi connectivity index (χ3v) is 2.66. The Hall–Kier alpha value is -2.34. The lowest BCUT2D eigenvalue weighted by atomic mass is 10.2. The van der Waals surface area contributed by atoms with E-state index in [1.165, 1.54) is 5.56 Å². The summed E-state index contributed by atoms with van der Waals surface area (Å²) < 4.78 is 0. The van der Waals surface area contributed by atoms with E-state index in [1.807, 2.05) is 30.1 Å². The summed E-state index contributed by atoms with van der Waals surface area (Å²) in [7, 11) is 1.96. The molecule has 2 rings (SSSR count). The van der Waals surface area contributed by atoms with Gasteiger partial charge in [0.05, 0.1) is 17.4 Å². The molecule has 0 atom stereocenters. The van der Waals surface area contributed by atoms with E-state index in [4.69, 9.17) is 5.26 Å². The van der Waals surface area contributed by atoms with Gasteiger partial charge in [-0.3, -0.25) is 4.98 Å². The quantitative estimate of drug-likeness (QED) is 0.785. The molecule has 1 heterocycles. The van der Waals surface area contributed by atoms with E-state index in [0.717, 1.165) is 11.4 Å². The number of pyridine rings is 1. The minimum atomic E-state index is 0.571. The van der Waals surface area contributed by atoms with Crippen molar-refractivity contribution in [2.24, 2.45) is 0 Å². The van der Waals surface area contributed by atoms with Crippen molar-refractivity contribution in [1.29, 1.82) is 5.26 Å².